The van der Waals surface area contributed by atoms with Crippen LogP contribution in [-0.4, -0.2) is 24.3 Å². The Bertz CT molecular complexity index is 167. The number of rotatable bonds is 4. The molecule has 1 heterocycles. The summed E-state index contributed by atoms with van der Waals surface area (Å²) in [6.07, 6.45) is 8.12. The number of hydrogen-bond donors (Lipinski definition) is 1. The summed E-state index contributed by atoms with van der Waals surface area (Å²) < 4.78 is 10.5. The molecule has 13 heavy (non-hydrogen) atoms. The van der Waals surface area contributed by atoms with E-state index in [9.17, 15) is 5.11 Å². The van der Waals surface area contributed by atoms with Gasteiger partial charge in [-0.2, -0.15) is 0 Å². The Kier molecular flexibility index (Phi) is 4.84. The fourth-order valence-corrected chi connectivity index (χ4v) is 1.27. The molecule has 0 bridgehead atoms. The summed E-state index contributed by atoms with van der Waals surface area (Å²) in [6, 6.07) is 0. The Morgan fingerprint density at radius 3 is 3.08 bits per heavy atom. The first kappa shape index (κ1) is 10.5. The molecule has 0 aromatic carbocycles. The summed E-state index contributed by atoms with van der Waals surface area (Å²) in [5, 5.41) is 9.33. The molecular weight excluding hydrogens is 168 g/mol. The standard InChI is InChI=1S/C10H16O3/c1-2-3-6-9(11)13-10-7-4-5-8-12-10/h1,9-11H,3-8H2/t9-,10+/m0/s1. The maximum absolute atomic E-state index is 9.33. The van der Waals surface area contributed by atoms with Gasteiger partial charge in [-0.25, -0.2) is 0 Å². The van der Waals surface area contributed by atoms with Gasteiger partial charge < -0.3 is 14.6 Å². The lowest BCUT2D eigenvalue weighted by Crippen LogP contribution is -2.27. The van der Waals surface area contributed by atoms with Gasteiger partial charge in [0.2, 0.25) is 0 Å². The largest absolute Gasteiger partial charge is 0.368 e. The number of aliphatic hydroxyl groups excluding tert-OH is 1. The number of hydrogen-bond acceptors (Lipinski definition) is 3. The van der Waals surface area contributed by atoms with Crippen LogP contribution in [0.2, 0.25) is 0 Å². The van der Waals surface area contributed by atoms with E-state index < -0.39 is 6.29 Å². The van der Waals surface area contributed by atoms with Crippen LogP contribution in [0.5, 0.6) is 0 Å². The molecule has 1 aliphatic heterocycles. The molecule has 0 aromatic heterocycles. The van der Waals surface area contributed by atoms with Crippen LogP contribution in [0, 0.1) is 12.3 Å². The zero-order valence-corrected chi connectivity index (χ0v) is 7.74. The van der Waals surface area contributed by atoms with E-state index in [-0.39, 0.29) is 6.29 Å². The van der Waals surface area contributed by atoms with E-state index in [1.54, 1.807) is 0 Å². The second-order valence-electron chi connectivity index (χ2n) is 3.13. The molecule has 1 aliphatic rings. The lowest BCUT2D eigenvalue weighted by Gasteiger charge is -2.24. The molecule has 1 rings (SSSR count). The van der Waals surface area contributed by atoms with Crippen molar-refractivity contribution in [3.63, 3.8) is 0 Å². The minimum atomic E-state index is -0.779. The van der Waals surface area contributed by atoms with Gasteiger partial charge in [-0.15, -0.1) is 12.3 Å². The smallest absolute Gasteiger partial charge is 0.160 e. The summed E-state index contributed by atoms with van der Waals surface area (Å²) in [5.74, 6) is 2.46. The van der Waals surface area contributed by atoms with Gasteiger partial charge in [0.05, 0.1) is 0 Å². The van der Waals surface area contributed by atoms with Crippen LogP contribution in [0.3, 0.4) is 0 Å². The van der Waals surface area contributed by atoms with Crippen molar-refractivity contribution in [3.05, 3.63) is 0 Å². The highest BCUT2D eigenvalue weighted by molar-refractivity contribution is 4.83. The Morgan fingerprint density at radius 1 is 1.62 bits per heavy atom. The quantitative estimate of drug-likeness (QED) is 0.528. The summed E-state index contributed by atoms with van der Waals surface area (Å²) >= 11 is 0. The van der Waals surface area contributed by atoms with E-state index in [4.69, 9.17) is 15.9 Å². The van der Waals surface area contributed by atoms with Gasteiger partial charge in [-0.05, 0) is 19.3 Å². The molecule has 0 unspecified atom stereocenters. The first-order valence-electron chi connectivity index (χ1n) is 4.71. The SMILES string of the molecule is C#CCC[C@@H](O)O[C@@H]1CCCCO1. The average molecular weight is 184 g/mol. The molecular formula is C10H16O3. The fraction of sp³-hybridized carbons (Fsp3) is 0.800. The van der Waals surface area contributed by atoms with Crippen molar-refractivity contribution in [2.24, 2.45) is 0 Å². The molecule has 1 fully saturated rings. The molecule has 3 heteroatoms. The van der Waals surface area contributed by atoms with E-state index in [2.05, 4.69) is 5.92 Å². The molecule has 0 aliphatic carbocycles. The second kappa shape index (κ2) is 5.98. The van der Waals surface area contributed by atoms with Crippen molar-refractivity contribution in [2.75, 3.05) is 6.61 Å². The van der Waals surface area contributed by atoms with Crippen LogP contribution in [0.15, 0.2) is 0 Å². The third-order valence-corrected chi connectivity index (χ3v) is 1.98. The summed E-state index contributed by atoms with van der Waals surface area (Å²) in [7, 11) is 0. The highest BCUT2D eigenvalue weighted by atomic mass is 16.7. The van der Waals surface area contributed by atoms with E-state index in [1.807, 2.05) is 0 Å². The monoisotopic (exact) mass is 184 g/mol. The third-order valence-electron chi connectivity index (χ3n) is 1.98. The van der Waals surface area contributed by atoms with Crippen LogP contribution in [0.1, 0.15) is 32.1 Å². The molecule has 1 saturated heterocycles. The maximum Gasteiger partial charge on any atom is 0.160 e. The zero-order valence-electron chi connectivity index (χ0n) is 7.74. The Hall–Kier alpha value is -0.560. The normalized spacial score (nSPS) is 25.1. The second-order valence-corrected chi connectivity index (χ2v) is 3.13. The predicted molar refractivity (Wildman–Crippen MR) is 48.7 cm³/mol. The molecule has 1 N–H and O–H groups in total. The van der Waals surface area contributed by atoms with Crippen LogP contribution >= 0.6 is 0 Å². The fourth-order valence-electron chi connectivity index (χ4n) is 1.27. The van der Waals surface area contributed by atoms with Crippen molar-refractivity contribution in [1.29, 1.82) is 0 Å². The van der Waals surface area contributed by atoms with Crippen molar-refractivity contribution < 1.29 is 14.6 Å². The summed E-state index contributed by atoms with van der Waals surface area (Å²) in [4.78, 5) is 0. The van der Waals surface area contributed by atoms with Crippen molar-refractivity contribution in [3.8, 4) is 12.3 Å². The third kappa shape index (κ3) is 4.28. The van der Waals surface area contributed by atoms with Crippen LogP contribution in [-0.2, 0) is 9.47 Å². The van der Waals surface area contributed by atoms with Gasteiger partial charge in [-0.1, -0.05) is 0 Å². The Balaban J connectivity index is 2.11. The van der Waals surface area contributed by atoms with Gasteiger partial charge in [0.15, 0.2) is 12.6 Å². The first-order chi connectivity index (χ1) is 6.33. The summed E-state index contributed by atoms with van der Waals surface area (Å²) in [5.41, 5.74) is 0. The molecule has 74 valence electrons. The molecule has 0 spiro atoms. The van der Waals surface area contributed by atoms with Crippen LogP contribution in [0.25, 0.3) is 0 Å². The molecule has 0 aromatic rings. The van der Waals surface area contributed by atoms with Gasteiger partial charge in [0, 0.05) is 19.4 Å². The van der Waals surface area contributed by atoms with Crippen LogP contribution in [0.4, 0.5) is 0 Å². The minimum absolute atomic E-state index is 0.235. The average Bonchev–Trinajstić information content (AvgIpc) is 2.16. The Labute approximate surface area is 79.0 Å². The van der Waals surface area contributed by atoms with Crippen molar-refractivity contribution in [2.45, 2.75) is 44.7 Å². The molecule has 2 atom stereocenters. The van der Waals surface area contributed by atoms with Gasteiger partial charge in [0.1, 0.15) is 0 Å². The minimum Gasteiger partial charge on any atom is -0.368 e. The lowest BCUT2D eigenvalue weighted by molar-refractivity contribution is -0.241. The van der Waals surface area contributed by atoms with Gasteiger partial charge in [0.25, 0.3) is 0 Å². The maximum atomic E-state index is 9.33. The molecule has 3 nitrogen and oxygen atoms in total. The molecule has 0 radical (unpaired) electrons. The van der Waals surface area contributed by atoms with E-state index in [0.29, 0.717) is 12.8 Å². The molecule has 0 amide bonds. The summed E-state index contributed by atoms with van der Waals surface area (Å²) in [6.45, 7) is 0.729. The lowest BCUT2D eigenvalue weighted by atomic mass is 10.2. The number of ether oxygens (including phenoxy) is 2. The highest BCUT2D eigenvalue weighted by Crippen LogP contribution is 2.15. The molecule has 0 saturated carbocycles. The van der Waals surface area contributed by atoms with Gasteiger partial charge in [-0.3, -0.25) is 0 Å². The van der Waals surface area contributed by atoms with E-state index in [0.717, 1.165) is 25.9 Å². The highest BCUT2D eigenvalue weighted by Gasteiger charge is 2.17. The Morgan fingerprint density at radius 2 is 2.46 bits per heavy atom. The number of terminal acetylenes is 1. The van der Waals surface area contributed by atoms with Crippen LogP contribution < -0.4 is 0 Å². The van der Waals surface area contributed by atoms with Crippen molar-refractivity contribution >= 4 is 0 Å². The van der Waals surface area contributed by atoms with E-state index in [1.165, 1.54) is 0 Å². The van der Waals surface area contributed by atoms with E-state index >= 15 is 0 Å². The topological polar surface area (TPSA) is 38.7 Å². The van der Waals surface area contributed by atoms with Gasteiger partial charge >= 0.3 is 0 Å². The number of aliphatic hydroxyl groups is 1. The first-order valence-corrected chi connectivity index (χ1v) is 4.71. The predicted octanol–water partition coefficient (Wildman–Crippen LogP) is 1.26. The zero-order chi connectivity index (χ0) is 9.52. The van der Waals surface area contributed by atoms with Crippen molar-refractivity contribution in [1.82, 2.24) is 0 Å².